The minimum Gasteiger partial charge on any atom is -0.468 e. The van der Waals surface area contributed by atoms with E-state index in [9.17, 15) is 0 Å². The third kappa shape index (κ3) is 3.54. The van der Waals surface area contributed by atoms with E-state index in [0.717, 1.165) is 39.4 Å². The molecule has 1 atom stereocenters. The van der Waals surface area contributed by atoms with Crippen LogP contribution in [-0.4, -0.2) is 34.3 Å². The summed E-state index contributed by atoms with van der Waals surface area (Å²) >= 11 is 1.44. The van der Waals surface area contributed by atoms with Gasteiger partial charge >= 0.3 is 0 Å². The monoisotopic (exact) mass is 533 g/mol. The van der Waals surface area contributed by atoms with E-state index < -0.39 is 0 Å². The molecule has 6 heterocycles. The third-order valence-corrected chi connectivity index (χ3v) is 7.52. The van der Waals surface area contributed by atoms with E-state index in [1.165, 1.54) is 11.8 Å². The van der Waals surface area contributed by atoms with Crippen LogP contribution in [0.4, 0.5) is 0 Å². The SMILES string of the molecule is Cc1nn(-c2ccccc2)c2c1[C@@H](c1ccco1)c1c(ncn3nc(CSc4nc5ccccc5o4)nc13)O2. The Balaban J connectivity index is 1.22. The molecule has 5 aromatic heterocycles. The minimum atomic E-state index is -0.325. The summed E-state index contributed by atoms with van der Waals surface area (Å²) in [5.41, 5.74) is 5.62. The average molecular weight is 534 g/mol. The summed E-state index contributed by atoms with van der Waals surface area (Å²) in [5, 5.41) is 10.1. The van der Waals surface area contributed by atoms with Crippen LogP contribution < -0.4 is 4.74 Å². The highest BCUT2D eigenvalue weighted by atomic mass is 32.2. The van der Waals surface area contributed by atoms with Gasteiger partial charge in [0.05, 0.1) is 40.4 Å². The minimum absolute atomic E-state index is 0.325. The van der Waals surface area contributed by atoms with Crippen molar-refractivity contribution in [1.29, 1.82) is 0 Å². The molecule has 39 heavy (non-hydrogen) atoms. The van der Waals surface area contributed by atoms with Crippen molar-refractivity contribution >= 4 is 28.5 Å². The van der Waals surface area contributed by atoms with Gasteiger partial charge in [-0.15, -0.1) is 5.10 Å². The molecular formula is C28H19N7O3S. The Hall–Kier alpha value is -4.90. The Labute approximate surface area is 225 Å². The van der Waals surface area contributed by atoms with Crippen molar-refractivity contribution < 1.29 is 13.6 Å². The van der Waals surface area contributed by atoms with Gasteiger partial charge in [0.1, 0.15) is 17.6 Å². The van der Waals surface area contributed by atoms with Crippen LogP contribution in [0.25, 0.3) is 22.4 Å². The Morgan fingerprint density at radius 3 is 2.64 bits per heavy atom. The van der Waals surface area contributed by atoms with Gasteiger partial charge in [-0.3, -0.25) is 0 Å². The number of furan rings is 1. The van der Waals surface area contributed by atoms with Crippen LogP contribution in [0.5, 0.6) is 11.8 Å². The smallest absolute Gasteiger partial charge is 0.257 e. The Bertz CT molecular complexity index is 1940. The molecular weight excluding hydrogens is 514 g/mol. The summed E-state index contributed by atoms with van der Waals surface area (Å²) in [5.74, 6) is 2.57. The molecule has 0 bridgehead atoms. The van der Waals surface area contributed by atoms with Gasteiger partial charge in [0.25, 0.3) is 5.22 Å². The number of oxazole rings is 1. The van der Waals surface area contributed by atoms with Crippen LogP contribution >= 0.6 is 11.8 Å². The first-order valence-corrected chi connectivity index (χ1v) is 13.3. The topological polar surface area (TPSA) is 109 Å². The zero-order valence-electron chi connectivity index (χ0n) is 20.6. The lowest BCUT2D eigenvalue weighted by molar-refractivity contribution is 0.392. The number of aryl methyl sites for hydroxylation is 1. The lowest BCUT2D eigenvalue weighted by atomic mass is 9.88. The number of benzene rings is 2. The molecule has 11 heteroatoms. The number of fused-ring (bicyclic) bond motifs is 5. The molecule has 0 N–H and O–H groups in total. The van der Waals surface area contributed by atoms with E-state index in [-0.39, 0.29) is 5.92 Å². The number of nitrogens with zero attached hydrogens (tertiary/aromatic N) is 7. The van der Waals surface area contributed by atoms with Crippen molar-refractivity contribution in [2.45, 2.75) is 23.8 Å². The highest BCUT2D eigenvalue weighted by Gasteiger charge is 2.39. The largest absolute Gasteiger partial charge is 0.468 e. The highest BCUT2D eigenvalue weighted by molar-refractivity contribution is 7.98. The fourth-order valence-corrected chi connectivity index (χ4v) is 5.69. The molecule has 1 aliphatic heterocycles. The molecule has 190 valence electrons. The zero-order valence-corrected chi connectivity index (χ0v) is 21.4. The van der Waals surface area contributed by atoms with Gasteiger partial charge in [-0.05, 0) is 43.3 Å². The average Bonchev–Trinajstić information content (AvgIpc) is 3.77. The second-order valence-corrected chi connectivity index (χ2v) is 10.0. The number of aromatic nitrogens is 7. The summed E-state index contributed by atoms with van der Waals surface area (Å²) < 4.78 is 21.7. The number of hydrogen-bond donors (Lipinski definition) is 0. The second kappa shape index (κ2) is 8.57. The van der Waals surface area contributed by atoms with Gasteiger partial charge in [0.2, 0.25) is 11.8 Å². The van der Waals surface area contributed by atoms with Crippen molar-refractivity contribution in [2.24, 2.45) is 0 Å². The highest BCUT2D eigenvalue weighted by Crippen LogP contribution is 2.49. The first-order valence-electron chi connectivity index (χ1n) is 12.3. The van der Waals surface area contributed by atoms with E-state index in [0.29, 0.717) is 34.2 Å². The molecule has 0 spiro atoms. The summed E-state index contributed by atoms with van der Waals surface area (Å²) in [6, 6.07) is 21.4. The fourth-order valence-electron chi connectivity index (χ4n) is 5.01. The lowest BCUT2D eigenvalue weighted by Crippen LogP contribution is -2.15. The zero-order chi connectivity index (χ0) is 25.9. The van der Waals surface area contributed by atoms with Crippen molar-refractivity contribution in [3.05, 3.63) is 108 Å². The van der Waals surface area contributed by atoms with E-state index in [1.807, 2.05) is 78.3 Å². The molecule has 0 saturated heterocycles. The maximum absolute atomic E-state index is 6.43. The number of para-hydroxylation sites is 3. The quantitative estimate of drug-likeness (QED) is 0.249. The molecule has 2 aromatic carbocycles. The molecule has 10 nitrogen and oxygen atoms in total. The van der Waals surface area contributed by atoms with Gasteiger partial charge in [-0.2, -0.15) is 5.10 Å². The molecule has 0 fully saturated rings. The molecule has 0 saturated carbocycles. The third-order valence-electron chi connectivity index (χ3n) is 6.69. The maximum Gasteiger partial charge on any atom is 0.257 e. The van der Waals surface area contributed by atoms with Crippen molar-refractivity contribution in [2.75, 3.05) is 0 Å². The van der Waals surface area contributed by atoms with Crippen LogP contribution in [0.15, 0.2) is 93.4 Å². The molecule has 0 amide bonds. The van der Waals surface area contributed by atoms with E-state index in [1.54, 1.807) is 17.1 Å². The normalized spacial score (nSPS) is 14.4. The fraction of sp³-hybridized carbons (Fsp3) is 0.107. The second-order valence-electron chi connectivity index (χ2n) is 9.10. The van der Waals surface area contributed by atoms with Crippen LogP contribution in [0.1, 0.15) is 34.3 Å². The molecule has 7 aromatic rings. The van der Waals surface area contributed by atoms with E-state index >= 15 is 0 Å². The molecule has 1 aliphatic rings. The number of ether oxygens (including phenoxy) is 1. The number of thioether (sulfide) groups is 1. The first-order chi connectivity index (χ1) is 19.2. The lowest BCUT2D eigenvalue weighted by Gasteiger charge is -2.24. The Morgan fingerprint density at radius 2 is 1.79 bits per heavy atom. The van der Waals surface area contributed by atoms with Gasteiger partial charge in [0.15, 0.2) is 17.1 Å². The predicted octanol–water partition coefficient (Wildman–Crippen LogP) is 5.93. The Morgan fingerprint density at radius 1 is 0.923 bits per heavy atom. The summed E-state index contributed by atoms with van der Waals surface area (Å²) in [6.07, 6.45) is 3.29. The van der Waals surface area contributed by atoms with Crippen LogP contribution in [0.2, 0.25) is 0 Å². The summed E-state index contributed by atoms with van der Waals surface area (Å²) in [6.45, 7) is 1.97. The van der Waals surface area contributed by atoms with E-state index in [2.05, 4.69) is 15.1 Å². The predicted molar refractivity (Wildman–Crippen MR) is 142 cm³/mol. The van der Waals surface area contributed by atoms with Gasteiger partial charge < -0.3 is 13.6 Å². The summed E-state index contributed by atoms with van der Waals surface area (Å²) in [7, 11) is 0. The van der Waals surface area contributed by atoms with E-state index in [4.69, 9.17) is 23.7 Å². The molecule has 0 radical (unpaired) electrons. The first kappa shape index (κ1) is 22.1. The van der Waals surface area contributed by atoms with Gasteiger partial charge in [-0.1, -0.05) is 42.1 Å². The van der Waals surface area contributed by atoms with Crippen molar-refractivity contribution in [3.63, 3.8) is 0 Å². The standard InChI is InChI=1S/C28H19N7O3S/c1-16-22-23(20-12-7-13-36-20)24-25-31-21(14-39-28-30-18-10-5-6-11-19(18)37-28)33-34(25)15-29-26(24)38-27(22)35(32-16)17-8-3-2-4-9-17/h2-13,15,23H,14H2,1H3/t23-/m1/s1. The van der Waals surface area contributed by atoms with Gasteiger partial charge in [-0.25, -0.2) is 24.1 Å². The van der Waals surface area contributed by atoms with Crippen LogP contribution in [0.3, 0.4) is 0 Å². The van der Waals surface area contributed by atoms with Crippen LogP contribution in [0, 0.1) is 6.92 Å². The molecule has 0 aliphatic carbocycles. The van der Waals surface area contributed by atoms with Crippen molar-refractivity contribution in [1.82, 2.24) is 34.3 Å². The number of hydrogen-bond acceptors (Lipinski definition) is 9. The number of rotatable bonds is 5. The molecule has 0 unspecified atom stereocenters. The summed E-state index contributed by atoms with van der Waals surface area (Å²) in [4.78, 5) is 14.1. The Kier molecular flexibility index (Phi) is 4.86. The molecule has 8 rings (SSSR count). The van der Waals surface area contributed by atoms with Crippen LogP contribution in [-0.2, 0) is 5.75 Å². The maximum atomic E-state index is 6.43. The van der Waals surface area contributed by atoms with Crippen molar-refractivity contribution in [3.8, 4) is 17.4 Å². The van der Waals surface area contributed by atoms with Gasteiger partial charge in [0, 0.05) is 0 Å².